The van der Waals surface area contributed by atoms with E-state index in [0.29, 0.717) is 40.9 Å². The number of amides is 2. The number of carbonyl (C=O) groups excluding carboxylic acids is 3. The van der Waals surface area contributed by atoms with Crippen molar-refractivity contribution in [2.75, 3.05) is 43.6 Å². The summed E-state index contributed by atoms with van der Waals surface area (Å²) in [4.78, 5) is 37.2. The number of nitrogens with zero attached hydrogens (tertiary/aromatic N) is 1. The Morgan fingerprint density at radius 3 is 2.67 bits per heavy atom. The highest BCUT2D eigenvalue weighted by Crippen LogP contribution is 2.30. The molecule has 0 aliphatic carbocycles. The van der Waals surface area contributed by atoms with Gasteiger partial charge in [-0.05, 0) is 43.3 Å². The minimum Gasteiger partial charge on any atom is -0.493 e. The molecule has 1 saturated heterocycles. The summed E-state index contributed by atoms with van der Waals surface area (Å²) < 4.78 is 10.7. The molecular weight excluding hydrogens is 410 g/mol. The molecule has 30 heavy (non-hydrogen) atoms. The average molecular weight is 432 g/mol. The summed E-state index contributed by atoms with van der Waals surface area (Å²) in [7, 11) is 1.46. The molecule has 2 amide bonds. The van der Waals surface area contributed by atoms with E-state index in [4.69, 9.17) is 21.1 Å². The van der Waals surface area contributed by atoms with Crippen molar-refractivity contribution in [3.8, 4) is 11.5 Å². The number of rotatable bonds is 7. The number of ketones is 1. The van der Waals surface area contributed by atoms with Crippen LogP contribution in [0.3, 0.4) is 0 Å². The smallest absolute Gasteiger partial charge is 0.262 e. The van der Waals surface area contributed by atoms with Crippen molar-refractivity contribution in [1.29, 1.82) is 0 Å². The van der Waals surface area contributed by atoms with Gasteiger partial charge in [0.25, 0.3) is 5.91 Å². The molecule has 1 aliphatic rings. The maximum atomic E-state index is 12.3. The molecule has 0 aromatic heterocycles. The third-order valence-electron chi connectivity index (χ3n) is 4.54. The zero-order valence-corrected chi connectivity index (χ0v) is 17.4. The quantitative estimate of drug-likeness (QED) is 0.654. The van der Waals surface area contributed by atoms with Gasteiger partial charge in [-0.25, -0.2) is 0 Å². The number of Topliss-reactive ketones (excluding diaryl/α,β-unsaturated/α-hetero) is 1. The number of piperazine rings is 1. The molecule has 9 heteroatoms. The molecule has 2 aromatic rings. The van der Waals surface area contributed by atoms with Gasteiger partial charge in [-0.1, -0.05) is 11.6 Å². The van der Waals surface area contributed by atoms with E-state index in [1.807, 2.05) is 4.90 Å². The first-order chi connectivity index (χ1) is 14.4. The van der Waals surface area contributed by atoms with Crippen LogP contribution in [0, 0.1) is 0 Å². The Morgan fingerprint density at radius 2 is 2.00 bits per heavy atom. The van der Waals surface area contributed by atoms with Crippen molar-refractivity contribution in [2.45, 2.75) is 6.92 Å². The van der Waals surface area contributed by atoms with Crippen LogP contribution in [0.25, 0.3) is 0 Å². The number of nitrogens with one attached hydrogen (secondary N) is 2. The molecule has 8 nitrogen and oxygen atoms in total. The monoisotopic (exact) mass is 431 g/mol. The summed E-state index contributed by atoms with van der Waals surface area (Å²) in [5.74, 6) is 0.193. The molecule has 1 aliphatic heterocycles. The lowest BCUT2D eigenvalue weighted by atomic mass is 10.1. The molecule has 158 valence electrons. The van der Waals surface area contributed by atoms with Gasteiger partial charge in [0.1, 0.15) is 0 Å². The Morgan fingerprint density at radius 1 is 1.20 bits per heavy atom. The lowest BCUT2D eigenvalue weighted by Gasteiger charge is -2.29. The highest BCUT2D eigenvalue weighted by molar-refractivity contribution is 6.33. The highest BCUT2D eigenvalue weighted by atomic mass is 35.5. The first-order valence-electron chi connectivity index (χ1n) is 9.30. The summed E-state index contributed by atoms with van der Waals surface area (Å²) in [5, 5.41) is 5.92. The Bertz CT molecular complexity index is 979. The van der Waals surface area contributed by atoms with Crippen LogP contribution >= 0.6 is 11.6 Å². The summed E-state index contributed by atoms with van der Waals surface area (Å²) in [6, 6.07) is 9.87. The minimum absolute atomic E-state index is 0.0568. The molecular formula is C21H22ClN3O5. The van der Waals surface area contributed by atoms with Crippen molar-refractivity contribution < 1.29 is 23.9 Å². The number of anilines is 2. The SMILES string of the molecule is COc1cc(C(C)=O)ccc1OCC(=O)Nc1ccc(N2CCNC(=O)C2)c(Cl)c1. The van der Waals surface area contributed by atoms with Crippen LogP contribution < -0.4 is 25.0 Å². The summed E-state index contributed by atoms with van der Waals surface area (Å²) >= 11 is 6.35. The molecule has 3 rings (SSSR count). The standard InChI is InChI=1S/C21H22ClN3O5/c1-13(26)14-3-6-18(19(9-14)29-2)30-12-21(28)24-15-4-5-17(16(22)10-15)25-8-7-23-20(27)11-25/h3-6,9-10H,7-8,11-12H2,1-2H3,(H,23,27)(H,24,28). The van der Waals surface area contributed by atoms with Crippen LogP contribution in [0.4, 0.5) is 11.4 Å². The van der Waals surface area contributed by atoms with Gasteiger partial charge in [0.2, 0.25) is 5.91 Å². The van der Waals surface area contributed by atoms with Crippen molar-refractivity contribution >= 4 is 40.6 Å². The molecule has 2 aromatic carbocycles. The Hall–Kier alpha value is -3.26. The fourth-order valence-corrected chi connectivity index (χ4v) is 3.33. The number of carbonyl (C=O) groups is 3. The molecule has 1 fully saturated rings. The summed E-state index contributed by atoms with van der Waals surface area (Å²) in [6.45, 7) is 2.67. The molecule has 0 spiro atoms. The maximum Gasteiger partial charge on any atom is 0.262 e. The zero-order valence-electron chi connectivity index (χ0n) is 16.7. The summed E-state index contributed by atoms with van der Waals surface area (Å²) in [5.41, 5.74) is 1.73. The Labute approximate surface area is 179 Å². The molecule has 0 unspecified atom stereocenters. The largest absolute Gasteiger partial charge is 0.493 e. The third-order valence-corrected chi connectivity index (χ3v) is 4.84. The van der Waals surface area contributed by atoms with Crippen LogP contribution in [0.1, 0.15) is 17.3 Å². The van der Waals surface area contributed by atoms with Gasteiger partial charge in [-0.3, -0.25) is 14.4 Å². The predicted molar refractivity (Wildman–Crippen MR) is 114 cm³/mol. The van der Waals surface area contributed by atoms with Crippen molar-refractivity contribution in [3.05, 3.63) is 47.0 Å². The van der Waals surface area contributed by atoms with E-state index in [-0.39, 0.29) is 30.7 Å². The van der Waals surface area contributed by atoms with Gasteiger partial charge in [-0.2, -0.15) is 0 Å². The number of benzene rings is 2. The summed E-state index contributed by atoms with van der Waals surface area (Å²) in [6.07, 6.45) is 0. The number of hydrogen-bond donors (Lipinski definition) is 2. The van der Waals surface area contributed by atoms with Crippen LogP contribution in [0.15, 0.2) is 36.4 Å². The van der Waals surface area contributed by atoms with Gasteiger partial charge in [0.15, 0.2) is 23.9 Å². The average Bonchev–Trinajstić information content (AvgIpc) is 2.72. The van der Waals surface area contributed by atoms with Gasteiger partial charge in [0.05, 0.1) is 24.4 Å². The van der Waals surface area contributed by atoms with E-state index in [2.05, 4.69) is 10.6 Å². The first kappa shape index (κ1) is 21.4. The van der Waals surface area contributed by atoms with E-state index in [1.165, 1.54) is 14.0 Å². The van der Waals surface area contributed by atoms with E-state index >= 15 is 0 Å². The van der Waals surface area contributed by atoms with Crippen LogP contribution in [-0.4, -0.2) is 50.9 Å². The second-order valence-electron chi connectivity index (χ2n) is 6.70. The molecule has 0 radical (unpaired) electrons. The van der Waals surface area contributed by atoms with Gasteiger partial charge < -0.3 is 25.0 Å². The fraction of sp³-hybridized carbons (Fsp3) is 0.286. The molecule has 1 heterocycles. The number of halogens is 1. The lowest BCUT2D eigenvalue weighted by molar-refractivity contribution is -0.120. The third kappa shape index (κ3) is 5.21. The first-order valence-corrected chi connectivity index (χ1v) is 9.68. The highest BCUT2D eigenvalue weighted by Gasteiger charge is 2.19. The number of methoxy groups -OCH3 is 1. The molecule has 0 atom stereocenters. The van der Waals surface area contributed by atoms with Gasteiger partial charge in [-0.15, -0.1) is 0 Å². The van der Waals surface area contributed by atoms with E-state index in [0.717, 1.165) is 5.69 Å². The lowest BCUT2D eigenvalue weighted by Crippen LogP contribution is -2.47. The van der Waals surface area contributed by atoms with Crippen molar-refractivity contribution in [2.24, 2.45) is 0 Å². The molecule has 0 saturated carbocycles. The van der Waals surface area contributed by atoms with Gasteiger partial charge >= 0.3 is 0 Å². The van der Waals surface area contributed by atoms with Crippen LogP contribution in [0.5, 0.6) is 11.5 Å². The second-order valence-corrected chi connectivity index (χ2v) is 7.10. The topological polar surface area (TPSA) is 97.0 Å². The maximum absolute atomic E-state index is 12.3. The second kappa shape index (κ2) is 9.49. The zero-order chi connectivity index (χ0) is 21.7. The fourth-order valence-electron chi connectivity index (χ4n) is 3.03. The predicted octanol–water partition coefficient (Wildman–Crippen LogP) is 2.50. The van der Waals surface area contributed by atoms with Crippen LogP contribution in [0.2, 0.25) is 5.02 Å². The van der Waals surface area contributed by atoms with Crippen molar-refractivity contribution in [1.82, 2.24) is 5.32 Å². The van der Waals surface area contributed by atoms with Gasteiger partial charge in [0, 0.05) is 24.3 Å². The van der Waals surface area contributed by atoms with E-state index in [1.54, 1.807) is 36.4 Å². The normalized spacial score (nSPS) is 13.4. The molecule has 0 bridgehead atoms. The van der Waals surface area contributed by atoms with Crippen molar-refractivity contribution in [3.63, 3.8) is 0 Å². The van der Waals surface area contributed by atoms with Crippen LogP contribution in [-0.2, 0) is 9.59 Å². The number of ether oxygens (including phenoxy) is 2. The van der Waals surface area contributed by atoms with E-state index in [9.17, 15) is 14.4 Å². The molecule has 2 N–H and O–H groups in total. The van der Waals surface area contributed by atoms with E-state index < -0.39 is 0 Å². The minimum atomic E-state index is -0.381. The number of hydrogen-bond acceptors (Lipinski definition) is 6. The Kier molecular flexibility index (Phi) is 6.79. The Balaban J connectivity index is 1.60.